The quantitative estimate of drug-likeness (QED) is 0.0777. The second-order valence-electron chi connectivity index (χ2n) is 9.11. The molecule has 1 aliphatic heterocycles. The molecule has 1 aliphatic rings. The summed E-state index contributed by atoms with van der Waals surface area (Å²) < 4.78 is 17.8. The van der Waals surface area contributed by atoms with Gasteiger partial charge in [-0.05, 0) is 48.7 Å². The number of carbonyl (C=O) groups is 2. The molecule has 1 unspecified atom stereocenters. The smallest absolute Gasteiger partial charge is 0.296 e. The molecule has 0 bridgehead atoms. The van der Waals surface area contributed by atoms with E-state index in [2.05, 4.69) is 17.1 Å². The number of benzene rings is 2. The van der Waals surface area contributed by atoms with Gasteiger partial charge in [0.15, 0.2) is 27.4 Å². The zero-order valence-electron chi connectivity index (χ0n) is 22.6. The molecular formula is C30H29N3O6S2. The maximum Gasteiger partial charge on any atom is 0.296 e. The summed E-state index contributed by atoms with van der Waals surface area (Å²) in [6.07, 6.45) is 3.24. The van der Waals surface area contributed by atoms with E-state index >= 15 is 0 Å². The van der Waals surface area contributed by atoms with Crippen LogP contribution in [0.1, 0.15) is 54.4 Å². The first-order chi connectivity index (χ1) is 20.0. The van der Waals surface area contributed by atoms with Crippen LogP contribution in [0, 0.1) is 0 Å². The minimum atomic E-state index is -0.996. The van der Waals surface area contributed by atoms with Crippen LogP contribution >= 0.6 is 23.1 Å². The molecule has 0 fully saturated rings. The molecule has 2 aromatic heterocycles. The van der Waals surface area contributed by atoms with Crippen LogP contribution in [0.15, 0.2) is 87.0 Å². The SMILES string of the molecule is CCCCOc1ccc(C2C(C(=O)c3ccco3)=C(O)C(=O)N2c2nnc(SCc3ccccc3)s2)cc1OCC. The average Bonchev–Trinajstić information content (AvgIpc) is 3.74. The number of carbonyl (C=O) groups excluding carboxylic acids is 2. The van der Waals surface area contributed by atoms with Gasteiger partial charge in [0, 0.05) is 5.75 Å². The maximum absolute atomic E-state index is 13.6. The number of hydrogen-bond donors (Lipinski definition) is 1. The second kappa shape index (κ2) is 13.0. The van der Waals surface area contributed by atoms with Crippen molar-refractivity contribution in [2.24, 2.45) is 0 Å². The average molecular weight is 592 g/mol. The Bertz CT molecular complexity index is 1530. The molecule has 5 rings (SSSR count). The van der Waals surface area contributed by atoms with E-state index in [1.165, 1.54) is 40.3 Å². The van der Waals surface area contributed by atoms with Crippen molar-refractivity contribution in [2.75, 3.05) is 18.1 Å². The molecule has 2 aromatic carbocycles. The Morgan fingerprint density at radius 1 is 1.07 bits per heavy atom. The Balaban J connectivity index is 1.52. The lowest BCUT2D eigenvalue weighted by molar-refractivity contribution is -0.117. The first-order valence-corrected chi connectivity index (χ1v) is 15.1. The van der Waals surface area contributed by atoms with Gasteiger partial charge in [-0.1, -0.05) is 72.8 Å². The lowest BCUT2D eigenvalue weighted by Crippen LogP contribution is -2.31. The van der Waals surface area contributed by atoms with Gasteiger partial charge in [0.05, 0.1) is 31.1 Å². The van der Waals surface area contributed by atoms with E-state index in [1.54, 1.807) is 24.3 Å². The first kappa shape index (κ1) is 28.4. The summed E-state index contributed by atoms with van der Waals surface area (Å²) in [7, 11) is 0. The van der Waals surface area contributed by atoms with Gasteiger partial charge >= 0.3 is 0 Å². The number of amides is 1. The largest absolute Gasteiger partial charge is 0.503 e. The molecule has 1 N–H and O–H groups in total. The summed E-state index contributed by atoms with van der Waals surface area (Å²) in [5, 5.41) is 19.8. The van der Waals surface area contributed by atoms with Crippen LogP contribution in [0.3, 0.4) is 0 Å². The molecule has 0 radical (unpaired) electrons. The van der Waals surface area contributed by atoms with Crippen molar-refractivity contribution in [3.63, 3.8) is 0 Å². The van der Waals surface area contributed by atoms with Crippen molar-refractivity contribution in [3.8, 4) is 11.5 Å². The summed E-state index contributed by atoms with van der Waals surface area (Å²) >= 11 is 2.70. The van der Waals surface area contributed by atoms with E-state index in [0.717, 1.165) is 18.4 Å². The van der Waals surface area contributed by atoms with Crippen LogP contribution in [-0.2, 0) is 10.5 Å². The highest BCUT2D eigenvalue weighted by Crippen LogP contribution is 2.45. The number of aliphatic hydroxyl groups excluding tert-OH is 1. The number of furan rings is 1. The zero-order chi connectivity index (χ0) is 28.8. The van der Waals surface area contributed by atoms with Gasteiger partial charge in [0.1, 0.15) is 0 Å². The number of rotatable bonds is 13. The fraction of sp³-hybridized carbons (Fsp3) is 0.267. The molecule has 4 aromatic rings. The van der Waals surface area contributed by atoms with E-state index in [9.17, 15) is 14.7 Å². The fourth-order valence-electron chi connectivity index (χ4n) is 4.38. The third kappa shape index (κ3) is 6.15. The number of Topliss-reactive ketones (excluding diaryl/α,β-unsaturated/α-hetero) is 1. The highest BCUT2D eigenvalue weighted by atomic mass is 32.2. The third-order valence-electron chi connectivity index (χ3n) is 6.34. The molecule has 1 amide bonds. The van der Waals surface area contributed by atoms with Gasteiger partial charge in [-0.3, -0.25) is 14.5 Å². The van der Waals surface area contributed by atoms with Crippen LogP contribution in [0.25, 0.3) is 0 Å². The van der Waals surface area contributed by atoms with Gasteiger partial charge in [0.25, 0.3) is 5.91 Å². The summed E-state index contributed by atoms with van der Waals surface area (Å²) in [6, 6.07) is 17.3. The summed E-state index contributed by atoms with van der Waals surface area (Å²) in [5.41, 5.74) is 1.55. The Labute approximate surface area is 245 Å². The number of nitrogens with zero attached hydrogens (tertiary/aromatic N) is 3. The Hall–Kier alpha value is -4.09. The Morgan fingerprint density at radius 3 is 2.63 bits per heavy atom. The van der Waals surface area contributed by atoms with E-state index in [4.69, 9.17) is 13.9 Å². The number of thioether (sulfide) groups is 1. The normalized spacial score (nSPS) is 15.0. The molecule has 9 nitrogen and oxygen atoms in total. The van der Waals surface area contributed by atoms with Crippen molar-refractivity contribution in [2.45, 2.75) is 42.8 Å². The minimum Gasteiger partial charge on any atom is -0.503 e. The highest BCUT2D eigenvalue weighted by Gasteiger charge is 2.47. The molecule has 11 heteroatoms. The van der Waals surface area contributed by atoms with Gasteiger partial charge in [-0.15, -0.1) is 10.2 Å². The van der Waals surface area contributed by atoms with Gasteiger partial charge in [-0.2, -0.15) is 0 Å². The molecule has 0 saturated heterocycles. The molecule has 1 atom stereocenters. The van der Waals surface area contributed by atoms with E-state index in [1.807, 2.05) is 37.3 Å². The van der Waals surface area contributed by atoms with E-state index in [-0.39, 0.29) is 16.5 Å². The van der Waals surface area contributed by atoms with E-state index in [0.29, 0.717) is 40.4 Å². The monoisotopic (exact) mass is 591 g/mol. The molecule has 3 heterocycles. The van der Waals surface area contributed by atoms with Crippen LogP contribution in [0.5, 0.6) is 11.5 Å². The molecule has 0 spiro atoms. The van der Waals surface area contributed by atoms with E-state index < -0.39 is 23.5 Å². The minimum absolute atomic E-state index is 0.00659. The zero-order valence-corrected chi connectivity index (χ0v) is 24.2. The maximum atomic E-state index is 13.6. The van der Waals surface area contributed by atoms with Crippen LogP contribution in [-0.4, -0.2) is 40.2 Å². The fourth-order valence-corrected chi connectivity index (χ4v) is 6.20. The summed E-state index contributed by atoms with van der Waals surface area (Å²) in [4.78, 5) is 28.4. The van der Waals surface area contributed by atoms with Gasteiger partial charge in [-0.25, -0.2) is 0 Å². The van der Waals surface area contributed by atoms with Crippen molar-refractivity contribution in [1.82, 2.24) is 10.2 Å². The molecule has 0 aliphatic carbocycles. The standard InChI is InChI=1S/C30H29N3O6S2/c1-3-5-15-38-21-14-13-20(17-23(21)37-4-2)25-24(26(34)22-12-9-16-39-22)27(35)28(36)33(25)29-31-32-30(41-29)40-18-19-10-7-6-8-11-19/h6-14,16-17,25,35H,3-5,15,18H2,1-2H3. The van der Waals surface area contributed by atoms with Gasteiger partial charge in [0.2, 0.25) is 10.9 Å². The number of aromatic nitrogens is 2. The Morgan fingerprint density at radius 2 is 1.90 bits per heavy atom. The lowest BCUT2D eigenvalue weighted by atomic mass is 9.95. The number of unbranched alkanes of at least 4 members (excludes halogenated alkanes) is 1. The predicted octanol–water partition coefficient (Wildman–Crippen LogP) is 6.78. The number of aliphatic hydroxyl groups is 1. The topological polar surface area (TPSA) is 115 Å². The third-order valence-corrected chi connectivity index (χ3v) is 8.47. The van der Waals surface area contributed by atoms with Crippen molar-refractivity contribution >= 4 is 39.9 Å². The molecule has 41 heavy (non-hydrogen) atoms. The molecule has 212 valence electrons. The number of ketones is 1. The first-order valence-electron chi connectivity index (χ1n) is 13.3. The number of hydrogen-bond acceptors (Lipinski definition) is 10. The molecule has 0 saturated carbocycles. The van der Waals surface area contributed by atoms with Gasteiger partial charge < -0.3 is 19.0 Å². The van der Waals surface area contributed by atoms with Crippen LogP contribution < -0.4 is 14.4 Å². The summed E-state index contributed by atoms with van der Waals surface area (Å²) in [6.45, 7) is 4.86. The van der Waals surface area contributed by atoms with Crippen molar-refractivity contribution in [1.29, 1.82) is 0 Å². The van der Waals surface area contributed by atoms with Crippen molar-refractivity contribution < 1.29 is 28.6 Å². The Kier molecular flexibility index (Phi) is 9.05. The predicted molar refractivity (Wildman–Crippen MR) is 157 cm³/mol. The number of anilines is 1. The van der Waals surface area contributed by atoms with Crippen molar-refractivity contribution in [3.05, 3.63) is 95.1 Å². The molecular weight excluding hydrogens is 562 g/mol. The highest BCUT2D eigenvalue weighted by molar-refractivity contribution is 8.00. The lowest BCUT2D eigenvalue weighted by Gasteiger charge is -2.24. The number of ether oxygens (including phenoxy) is 2. The van der Waals surface area contributed by atoms with Crippen LogP contribution in [0.4, 0.5) is 5.13 Å². The summed E-state index contributed by atoms with van der Waals surface area (Å²) in [5.74, 6) is -0.294. The van der Waals surface area contributed by atoms with Crippen LogP contribution in [0.2, 0.25) is 0 Å². The second-order valence-corrected chi connectivity index (χ2v) is 11.3.